The van der Waals surface area contributed by atoms with Gasteiger partial charge in [-0.1, -0.05) is 0 Å². The number of rotatable bonds is 3. The van der Waals surface area contributed by atoms with E-state index in [0.717, 1.165) is 29.3 Å². The van der Waals surface area contributed by atoms with Crippen LogP contribution in [0.25, 0.3) is 0 Å². The summed E-state index contributed by atoms with van der Waals surface area (Å²) in [5.74, 6) is 0.632. The number of imide groups is 1. The third kappa shape index (κ3) is 3.06. The maximum Gasteiger partial charge on any atom is 0.325 e. The lowest BCUT2D eigenvalue weighted by Gasteiger charge is -2.33. The molecule has 1 N–H and O–H groups in total. The molecule has 1 aromatic rings. The van der Waals surface area contributed by atoms with E-state index < -0.39 is 6.03 Å². The third-order valence-electron chi connectivity index (χ3n) is 4.40. The molecule has 124 valence electrons. The molecule has 2 aliphatic heterocycles. The zero-order valence-electron chi connectivity index (χ0n) is 13.4. The van der Waals surface area contributed by atoms with Crippen molar-refractivity contribution in [1.29, 1.82) is 0 Å². The highest BCUT2D eigenvalue weighted by Gasteiger charge is 2.33. The van der Waals surface area contributed by atoms with Crippen molar-refractivity contribution >= 4 is 17.8 Å². The molecular formula is C15H21N5O3. The number of likely N-dealkylation sites (tertiary alicyclic amines) is 1. The molecule has 4 amide bonds. The first-order valence-corrected chi connectivity index (χ1v) is 7.81. The van der Waals surface area contributed by atoms with E-state index in [2.05, 4.69) is 10.3 Å². The normalized spacial score (nSPS) is 21.7. The Morgan fingerprint density at radius 2 is 2.22 bits per heavy atom. The Hall–Kier alpha value is -2.38. The summed E-state index contributed by atoms with van der Waals surface area (Å²) in [5.41, 5.74) is 0.963. The van der Waals surface area contributed by atoms with Crippen LogP contribution in [0.4, 0.5) is 4.79 Å². The van der Waals surface area contributed by atoms with Crippen molar-refractivity contribution < 1.29 is 14.4 Å². The number of aromatic nitrogens is 2. The number of piperidine rings is 1. The predicted octanol–water partition coefficient (Wildman–Crippen LogP) is -0.0137. The van der Waals surface area contributed by atoms with Crippen molar-refractivity contribution in [2.75, 3.05) is 26.2 Å². The fourth-order valence-electron chi connectivity index (χ4n) is 3.28. The highest BCUT2D eigenvalue weighted by molar-refractivity contribution is 6.04. The standard InChI is InChI=1S/C15H21N5O3/c1-10-7-18(2)14(17-10)11-4-3-5-19(8-11)13(22)9-20-12(21)6-16-15(20)23/h7,11H,3-6,8-9H2,1-2H3,(H,16,23). The quantitative estimate of drug-likeness (QED) is 0.794. The van der Waals surface area contributed by atoms with E-state index in [-0.39, 0.29) is 30.8 Å². The Labute approximate surface area is 134 Å². The van der Waals surface area contributed by atoms with E-state index >= 15 is 0 Å². The summed E-state index contributed by atoms with van der Waals surface area (Å²) >= 11 is 0. The molecule has 0 saturated carbocycles. The first kappa shape index (κ1) is 15.5. The van der Waals surface area contributed by atoms with Gasteiger partial charge in [-0.15, -0.1) is 0 Å². The molecule has 1 unspecified atom stereocenters. The lowest BCUT2D eigenvalue weighted by molar-refractivity contribution is -0.137. The third-order valence-corrected chi connectivity index (χ3v) is 4.40. The minimum Gasteiger partial charge on any atom is -0.340 e. The Bertz CT molecular complexity index is 638. The number of nitrogens with one attached hydrogen (secondary N) is 1. The smallest absolute Gasteiger partial charge is 0.325 e. The van der Waals surface area contributed by atoms with Crippen LogP contribution in [-0.4, -0.2) is 63.4 Å². The number of carbonyl (C=O) groups is 3. The zero-order chi connectivity index (χ0) is 16.6. The first-order valence-electron chi connectivity index (χ1n) is 7.81. The minimum absolute atomic E-state index is 0.0265. The molecule has 0 radical (unpaired) electrons. The number of urea groups is 1. The van der Waals surface area contributed by atoms with Crippen LogP contribution in [0.15, 0.2) is 6.20 Å². The summed E-state index contributed by atoms with van der Waals surface area (Å²) in [5, 5.41) is 2.43. The van der Waals surface area contributed by atoms with Crippen molar-refractivity contribution in [2.45, 2.75) is 25.7 Å². The number of aryl methyl sites for hydroxylation is 2. The van der Waals surface area contributed by atoms with E-state index in [1.807, 2.05) is 24.7 Å². The molecule has 1 atom stereocenters. The second-order valence-electron chi connectivity index (χ2n) is 6.17. The molecule has 2 saturated heterocycles. The minimum atomic E-state index is -0.489. The van der Waals surface area contributed by atoms with E-state index in [9.17, 15) is 14.4 Å². The van der Waals surface area contributed by atoms with Crippen LogP contribution in [0.3, 0.4) is 0 Å². The lowest BCUT2D eigenvalue weighted by atomic mass is 9.97. The molecule has 1 aromatic heterocycles. The molecular weight excluding hydrogens is 298 g/mol. The van der Waals surface area contributed by atoms with Gasteiger partial charge in [0.05, 0.1) is 12.2 Å². The fraction of sp³-hybridized carbons (Fsp3) is 0.600. The fourth-order valence-corrected chi connectivity index (χ4v) is 3.28. The molecule has 3 heterocycles. The zero-order valence-corrected chi connectivity index (χ0v) is 13.4. The SMILES string of the molecule is Cc1cn(C)c(C2CCCN(C(=O)CN3C(=O)CNC3=O)C2)n1. The molecule has 0 bridgehead atoms. The van der Waals surface area contributed by atoms with Gasteiger partial charge >= 0.3 is 6.03 Å². The van der Waals surface area contributed by atoms with Crippen molar-refractivity contribution in [1.82, 2.24) is 24.7 Å². The van der Waals surface area contributed by atoms with Crippen LogP contribution in [0, 0.1) is 6.92 Å². The second kappa shape index (κ2) is 6.02. The monoisotopic (exact) mass is 319 g/mol. The van der Waals surface area contributed by atoms with Gasteiger partial charge in [0.25, 0.3) is 5.91 Å². The van der Waals surface area contributed by atoms with Gasteiger partial charge in [-0.2, -0.15) is 0 Å². The van der Waals surface area contributed by atoms with Gasteiger partial charge in [0.1, 0.15) is 12.4 Å². The van der Waals surface area contributed by atoms with Gasteiger partial charge in [-0.3, -0.25) is 14.5 Å². The summed E-state index contributed by atoms with van der Waals surface area (Å²) < 4.78 is 2.01. The van der Waals surface area contributed by atoms with Gasteiger partial charge in [0, 0.05) is 32.3 Å². The summed E-state index contributed by atoms with van der Waals surface area (Å²) in [7, 11) is 1.96. The predicted molar refractivity (Wildman–Crippen MR) is 81.6 cm³/mol. The number of carbonyl (C=O) groups excluding carboxylic acids is 3. The Kier molecular flexibility index (Phi) is 4.06. The summed E-state index contributed by atoms with van der Waals surface area (Å²) in [6, 6.07) is -0.489. The first-order chi connectivity index (χ1) is 11.0. The number of amides is 4. The van der Waals surface area contributed by atoms with Crippen molar-refractivity contribution in [3.05, 3.63) is 17.7 Å². The number of imidazole rings is 1. The highest BCUT2D eigenvalue weighted by atomic mass is 16.2. The molecule has 3 rings (SSSR count). The van der Waals surface area contributed by atoms with Crippen molar-refractivity contribution in [3.8, 4) is 0 Å². The average molecular weight is 319 g/mol. The molecule has 0 aromatic carbocycles. The van der Waals surface area contributed by atoms with Crippen LogP contribution in [0.2, 0.25) is 0 Å². The number of hydrogen-bond donors (Lipinski definition) is 1. The Balaban J connectivity index is 1.66. The molecule has 0 spiro atoms. The summed E-state index contributed by atoms with van der Waals surface area (Å²) in [6.07, 6.45) is 3.85. The molecule has 8 heteroatoms. The molecule has 23 heavy (non-hydrogen) atoms. The van der Waals surface area contributed by atoms with Crippen molar-refractivity contribution in [2.24, 2.45) is 7.05 Å². The maximum absolute atomic E-state index is 12.4. The van der Waals surface area contributed by atoms with E-state index in [1.165, 1.54) is 0 Å². The van der Waals surface area contributed by atoms with Crippen molar-refractivity contribution in [3.63, 3.8) is 0 Å². The van der Waals surface area contributed by atoms with Gasteiger partial charge in [0.15, 0.2) is 0 Å². The van der Waals surface area contributed by atoms with Crippen LogP contribution < -0.4 is 5.32 Å². The average Bonchev–Trinajstić information content (AvgIpc) is 3.03. The van der Waals surface area contributed by atoms with Crippen LogP contribution in [0.1, 0.15) is 30.3 Å². The molecule has 8 nitrogen and oxygen atoms in total. The number of hydrogen-bond acceptors (Lipinski definition) is 4. The highest BCUT2D eigenvalue weighted by Crippen LogP contribution is 2.26. The number of nitrogens with zero attached hydrogens (tertiary/aromatic N) is 4. The van der Waals surface area contributed by atoms with Gasteiger partial charge in [-0.25, -0.2) is 9.78 Å². The lowest BCUT2D eigenvalue weighted by Crippen LogP contribution is -2.46. The van der Waals surface area contributed by atoms with Gasteiger partial charge in [-0.05, 0) is 19.8 Å². The van der Waals surface area contributed by atoms with E-state index in [1.54, 1.807) is 4.90 Å². The Morgan fingerprint density at radius 3 is 2.83 bits per heavy atom. The Morgan fingerprint density at radius 1 is 1.43 bits per heavy atom. The van der Waals surface area contributed by atoms with E-state index in [0.29, 0.717) is 13.1 Å². The molecule has 0 aliphatic carbocycles. The van der Waals surface area contributed by atoms with Gasteiger partial charge < -0.3 is 14.8 Å². The largest absolute Gasteiger partial charge is 0.340 e. The molecule has 2 fully saturated rings. The summed E-state index contributed by atoms with van der Waals surface area (Å²) in [6.45, 7) is 2.97. The van der Waals surface area contributed by atoms with Crippen LogP contribution in [-0.2, 0) is 16.6 Å². The van der Waals surface area contributed by atoms with Gasteiger partial charge in [0.2, 0.25) is 5.91 Å². The molecule has 2 aliphatic rings. The summed E-state index contributed by atoms with van der Waals surface area (Å²) in [4.78, 5) is 42.8. The van der Waals surface area contributed by atoms with Crippen LogP contribution in [0.5, 0.6) is 0 Å². The second-order valence-corrected chi connectivity index (χ2v) is 6.17. The topological polar surface area (TPSA) is 87.5 Å². The van der Waals surface area contributed by atoms with Crippen LogP contribution >= 0.6 is 0 Å². The maximum atomic E-state index is 12.4. The van der Waals surface area contributed by atoms with E-state index in [4.69, 9.17) is 0 Å².